The maximum absolute atomic E-state index is 9.15. The predicted molar refractivity (Wildman–Crippen MR) is 102 cm³/mol. The highest BCUT2D eigenvalue weighted by Gasteiger charge is 2.18. The molecule has 0 aliphatic heterocycles. The zero-order valence-electron chi connectivity index (χ0n) is 14.0. The standard InChI is InChI=1S/C19H14N6O2/c26-25-18-13-3-2-12(8-11(13)9-23-18)24-16-14-4-7-20-10-15(14)27-17(16)19-21-5-1-6-22-19/h1-10,23-26H. The van der Waals surface area contributed by atoms with Crippen LogP contribution in [0.4, 0.5) is 17.2 Å². The minimum atomic E-state index is 0.491. The van der Waals surface area contributed by atoms with Crippen LogP contribution in [0.25, 0.3) is 33.3 Å². The summed E-state index contributed by atoms with van der Waals surface area (Å²) in [6.07, 6.45) is 8.55. The van der Waals surface area contributed by atoms with E-state index in [1.54, 1.807) is 30.9 Å². The fourth-order valence-electron chi connectivity index (χ4n) is 3.10. The van der Waals surface area contributed by atoms with Gasteiger partial charge in [-0.3, -0.25) is 15.7 Å². The number of H-pyrrole nitrogens is 1. The monoisotopic (exact) mass is 358 g/mol. The third-order valence-electron chi connectivity index (χ3n) is 4.34. The number of nitrogens with one attached hydrogen (secondary N) is 3. The Morgan fingerprint density at radius 3 is 2.78 bits per heavy atom. The Hall–Kier alpha value is -3.91. The number of hydrogen-bond acceptors (Lipinski definition) is 7. The summed E-state index contributed by atoms with van der Waals surface area (Å²) in [5.41, 5.74) is 4.44. The third-order valence-corrected chi connectivity index (χ3v) is 4.34. The molecule has 0 saturated carbocycles. The van der Waals surface area contributed by atoms with Crippen LogP contribution in [0.1, 0.15) is 0 Å². The van der Waals surface area contributed by atoms with Gasteiger partial charge in [-0.2, -0.15) is 0 Å². The Bertz CT molecular complexity index is 1250. The van der Waals surface area contributed by atoms with E-state index < -0.39 is 0 Å². The first-order valence-electron chi connectivity index (χ1n) is 8.25. The molecule has 8 nitrogen and oxygen atoms in total. The normalized spacial score (nSPS) is 11.1. The molecular weight excluding hydrogens is 344 g/mol. The fourth-order valence-corrected chi connectivity index (χ4v) is 3.10. The van der Waals surface area contributed by atoms with Gasteiger partial charge in [-0.25, -0.2) is 9.97 Å². The second kappa shape index (κ2) is 6.11. The number of hydrogen-bond donors (Lipinski definition) is 4. The van der Waals surface area contributed by atoms with Crippen LogP contribution >= 0.6 is 0 Å². The van der Waals surface area contributed by atoms with E-state index in [-0.39, 0.29) is 0 Å². The van der Waals surface area contributed by atoms with Crippen molar-refractivity contribution >= 4 is 38.9 Å². The maximum atomic E-state index is 9.15. The Morgan fingerprint density at radius 1 is 1.04 bits per heavy atom. The van der Waals surface area contributed by atoms with E-state index in [2.05, 4.69) is 30.7 Å². The Labute approximate surface area is 152 Å². The van der Waals surface area contributed by atoms with Gasteiger partial charge in [0.15, 0.2) is 17.2 Å². The van der Waals surface area contributed by atoms with Crippen molar-refractivity contribution in [2.75, 3.05) is 10.8 Å². The van der Waals surface area contributed by atoms with Crippen LogP contribution in [-0.2, 0) is 0 Å². The van der Waals surface area contributed by atoms with Gasteiger partial charge in [0, 0.05) is 46.6 Å². The van der Waals surface area contributed by atoms with E-state index in [1.807, 2.05) is 30.5 Å². The quantitative estimate of drug-likeness (QED) is 0.354. The third kappa shape index (κ3) is 2.55. The SMILES string of the molecule is ONc1[nH]cc2cc(Nc3c(-c4ncccn4)oc4cnccc34)ccc12. The number of benzene rings is 1. The molecule has 8 heteroatoms. The van der Waals surface area contributed by atoms with Gasteiger partial charge in [0.05, 0.1) is 11.9 Å². The van der Waals surface area contributed by atoms with Crippen LogP contribution in [0, 0.1) is 0 Å². The molecule has 0 fully saturated rings. The molecule has 0 bridgehead atoms. The number of aromatic amines is 1. The lowest BCUT2D eigenvalue weighted by molar-refractivity contribution is 0.387. The van der Waals surface area contributed by atoms with Gasteiger partial charge < -0.3 is 14.7 Å². The van der Waals surface area contributed by atoms with Gasteiger partial charge in [-0.05, 0) is 30.3 Å². The summed E-state index contributed by atoms with van der Waals surface area (Å²) < 4.78 is 5.97. The summed E-state index contributed by atoms with van der Waals surface area (Å²) in [6, 6.07) is 9.45. The number of anilines is 3. The van der Waals surface area contributed by atoms with E-state index >= 15 is 0 Å². The molecule has 0 aliphatic carbocycles. The topological polar surface area (TPSA) is 112 Å². The first kappa shape index (κ1) is 15.4. The molecule has 0 aliphatic rings. The summed E-state index contributed by atoms with van der Waals surface area (Å²) in [4.78, 5) is 15.7. The average Bonchev–Trinajstić information content (AvgIpc) is 3.30. The van der Waals surface area contributed by atoms with Crippen molar-refractivity contribution in [2.24, 2.45) is 0 Å². The highest BCUT2D eigenvalue weighted by atomic mass is 16.5. The lowest BCUT2D eigenvalue weighted by atomic mass is 10.1. The van der Waals surface area contributed by atoms with E-state index in [0.29, 0.717) is 23.0 Å². The molecular formula is C19H14N6O2. The Balaban J connectivity index is 1.64. The lowest BCUT2D eigenvalue weighted by Crippen LogP contribution is -1.94. The largest absolute Gasteiger partial charge is 0.449 e. The Morgan fingerprint density at radius 2 is 1.93 bits per heavy atom. The molecule has 1 aromatic carbocycles. The van der Waals surface area contributed by atoms with E-state index in [0.717, 1.165) is 27.5 Å². The number of fused-ring (bicyclic) bond motifs is 2. The second-order valence-electron chi connectivity index (χ2n) is 5.95. The highest BCUT2D eigenvalue weighted by molar-refractivity contribution is 6.01. The smallest absolute Gasteiger partial charge is 0.197 e. The zero-order chi connectivity index (χ0) is 18.2. The number of pyridine rings is 1. The van der Waals surface area contributed by atoms with Gasteiger partial charge in [0.1, 0.15) is 5.82 Å². The molecule has 0 radical (unpaired) electrons. The number of furan rings is 1. The van der Waals surface area contributed by atoms with E-state index in [4.69, 9.17) is 9.62 Å². The molecule has 132 valence electrons. The van der Waals surface area contributed by atoms with Gasteiger partial charge in [0.25, 0.3) is 0 Å². The molecule has 4 N–H and O–H groups in total. The van der Waals surface area contributed by atoms with Gasteiger partial charge in [-0.15, -0.1) is 0 Å². The van der Waals surface area contributed by atoms with Gasteiger partial charge >= 0.3 is 0 Å². The molecule has 4 heterocycles. The summed E-state index contributed by atoms with van der Waals surface area (Å²) in [7, 11) is 0. The second-order valence-corrected chi connectivity index (χ2v) is 5.95. The van der Waals surface area contributed by atoms with Crippen molar-refractivity contribution in [1.29, 1.82) is 0 Å². The molecule has 0 amide bonds. The minimum absolute atomic E-state index is 0.491. The first-order valence-corrected chi connectivity index (χ1v) is 8.25. The highest BCUT2D eigenvalue weighted by Crippen LogP contribution is 2.38. The molecule has 4 aromatic heterocycles. The zero-order valence-corrected chi connectivity index (χ0v) is 14.0. The van der Waals surface area contributed by atoms with Crippen molar-refractivity contribution in [2.45, 2.75) is 0 Å². The van der Waals surface area contributed by atoms with Crippen molar-refractivity contribution in [1.82, 2.24) is 19.9 Å². The van der Waals surface area contributed by atoms with Crippen LogP contribution in [0.5, 0.6) is 0 Å². The molecule has 0 unspecified atom stereocenters. The minimum Gasteiger partial charge on any atom is -0.449 e. The van der Waals surface area contributed by atoms with Crippen LogP contribution in [0.15, 0.2) is 65.7 Å². The van der Waals surface area contributed by atoms with Crippen molar-refractivity contribution in [3.05, 3.63) is 61.3 Å². The molecule has 0 atom stereocenters. The molecule has 27 heavy (non-hydrogen) atoms. The predicted octanol–water partition coefficient (Wildman–Crippen LogP) is 4.31. The molecule has 0 spiro atoms. The molecule has 5 rings (SSSR count). The van der Waals surface area contributed by atoms with Crippen LogP contribution in [-0.4, -0.2) is 25.1 Å². The maximum Gasteiger partial charge on any atom is 0.197 e. The summed E-state index contributed by atoms with van der Waals surface area (Å²) >= 11 is 0. The summed E-state index contributed by atoms with van der Waals surface area (Å²) in [5.74, 6) is 1.59. The van der Waals surface area contributed by atoms with Crippen molar-refractivity contribution in [3.63, 3.8) is 0 Å². The number of aromatic nitrogens is 4. The van der Waals surface area contributed by atoms with Crippen LogP contribution in [0.2, 0.25) is 0 Å². The van der Waals surface area contributed by atoms with E-state index in [9.17, 15) is 0 Å². The number of rotatable bonds is 4. The van der Waals surface area contributed by atoms with Gasteiger partial charge in [0.2, 0.25) is 0 Å². The average molecular weight is 358 g/mol. The first-order chi connectivity index (χ1) is 13.3. The van der Waals surface area contributed by atoms with Crippen LogP contribution < -0.4 is 10.8 Å². The van der Waals surface area contributed by atoms with Crippen molar-refractivity contribution < 1.29 is 9.62 Å². The van der Waals surface area contributed by atoms with Crippen molar-refractivity contribution in [3.8, 4) is 11.6 Å². The molecule has 5 aromatic rings. The molecule has 0 saturated heterocycles. The lowest BCUT2D eigenvalue weighted by Gasteiger charge is -2.07. The summed E-state index contributed by atoms with van der Waals surface area (Å²) in [5, 5.41) is 15.3. The van der Waals surface area contributed by atoms with Gasteiger partial charge in [-0.1, -0.05) is 0 Å². The van der Waals surface area contributed by atoms with Crippen LogP contribution in [0.3, 0.4) is 0 Å². The van der Waals surface area contributed by atoms with E-state index in [1.165, 1.54) is 0 Å². The number of nitrogens with zero attached hydrogens (tertiary/aromatic N) is 3. The summed E-state index contributed by atoms with van der Waals surface area (Å²) in [6.45, 7) is 0. The Kier molecular flexibility index (Phi) is 3.48. The fraction of sp³-hybridized carbons (Fsp3) is 0.